The van der Waals surface area contributed by atoms with E-state index in [1.165, 1.54) is 10.4 Å². The van der Waals surface area contributed by atoms with Crippen LogP contribution in [0.4, 0.5) is 5.69 Å². The maximum atomic E-state index is 13.0. The van der Waals surface area contributed by atoms with Crippen molar-refractivity contribution in [2.45, 2.75) is 24.7 Å². The summed E-state index contributed by atoms with van der Waals surface area (Å²) < 4.78 is 43.0. The van der Waals surface area contributed by atoms with Gasteiger partial charge in [-0.25, -0.2) is 8.42 Å². The van der Waals surface area contributed by atoms with E-state index in [1.54, 1.807) is 19.1 Å². The van der Waals surface area contributed by atoms with Gasteiger partial charge in [0.05, 0.1) is 24.7 Å². The molecule has 1 aliphatic rings. The fourth-order valence-corrected chi connectivity index (χ4v) is 4.88. The number of nitrogens with zero attached hydrogens (tertiary/aromatic N) is 1. The number of benzene rings is 2. The maximum Gasteiger partial charge on any atom is 0.306 e. The molecule has 10 heteroatoms. The number of para-hydroxylation sites is 1. The molecule has 1 aliphatic heterocycles. The molecule has 2 aromatic rings. The molecule has 1 fully saturated rings. The second-order valence-electron chi connectivity index (χ2n) is 7.47. The molecule has 9 nitrogen and oxygen atoms in total. The highest BCUT2D eigenvalue weighted by atomic mass is 32.2. The van der Waals surface area contributed by atoms with Crippen molar-refractivity contribution in [2.75, 3.05) is 44.8 Å². The lowest BCUT2D eigenvalue weighted by Gasteiger charge is -2.26. The molecule has 0 saturated carbocycles. The average Bonchev–Trinajstić information content (AvgIpc) is 2.83. The first-order chi connectivity index (χ1) is 15.9. The first-order valence-electron chi connectivity index (χ1n) is 10.7. The van der Waals surface area contributed by atoms with Gasteiger partial charge in [-0.15, -0.1) is 0 Å². The zero-order valence-corrected chi connectivity index (χ0v) is 19.3. The summed E-state index contributed by atoms with van der Waals surface area (Å²) in [5.74, 6) is -0.345. The third kappa shape index (κ3) is 7.28. The van der Waals surface area contributed by atoms with Crippen LogP contribution in [0.15, 0.2) is 53.4 Å². The average molecular weight is 477 g/mol. The molecule has 0 radical (unpaired) electrons. The lowest BCUT2D eigenvalue weighted by atomic mass is 10.2. The van der Waals surface area contributed by atoms with Crippen molar-refractivity contribution < 1.29 is 32.2 Å². The van der Waals surface area contributed by atoms with E-state index < -0.39 is 28.5 Å². The van der Waals surface area contributed by atoms with Crippen LogP contribution >= 0.6 is 0 Å². The zero-order chi connectivity index (χ0) is 23.7. The number of morpholine rings is 1. The molecule has 0 atom stereocenters. The Kier molecular flexibility index (Phi) is 8.81. The van der Waals surface area contributed by atoms with E-state index in [1.807, 2.05) is 30.3 Å². The molecule has 3 rings (SSSR count). The molecular weight excluding hydrogens is 448 g/mol. The molecule has 33 heavy (non-hydrogen) atoms. The van der Waals surface area contributed by atoms with Gasteiger partial charge in [-0.3, -0.25) is 9.59 Å². The topological polar surface area (TPSA) is 111 Å². The summed E-state index contributed by atoms with van der Waals surface area (Å²) in [7, 11) is -3.70. The highest BCUT2D eigenvalue weighted by Gasteiger charge is 2.28. The van der Waals surface area contributed by atoms with Crippen molar-refractivity contribution in [3.63, 3.8) is 0 Å². The number of anilines is 1. The van der Waals surface area contributed by atoms with Gasteiger partial charge in [0.1, 0.15) is 5.75 Å². The number of hydrogen-bond acceptors (Lipinski definition) is 7. The minimum Gasteiger partial charge on any atom is -0.494 e. The minimum absolute atomic E-state index is 0.118. The van der Waals surface area contributed by atoms with Crippen LogP contribution in [0.1, 0.15) is 18.4 Å². The Morgan fingerprint density at radius 2 is 1.82 bits per heavy atom. The molecule has 1 N–H and O–H groups in total. The van der Waals surface area contributed by atoms with E-state index in [-0.39, 0.29) is 24.4 Å². The molecule has 1 amide bonds. The molecule has 2 aromatic carbocycles. The number of aryl methyl sites for hydroxylation is 1. The molecule has 1 saturated heterocycles. The number of carbonyl (C=O) groups is 2. The van der Waals surface area contributed by atoms with Crippen LogP contribution in [-0.4, -0.2) is 64.1 Å². The number of rotatable bonds is 10. The van der Waals surface area contributed by atoms with E-state index >= 15 is 0 Å². The summed E-state index contributed by atoms with van der Waals surface area (Å²) in [5, 5.41) is 2.58. The predicted molar refractivity (Wildman–Crippen MR) is 122 cm³/mol. The highest BCUT2D eigenvalue weighted by molar-refractivity contribution is 7.89. The Hall–Kier alpha value is -2.95. The maximum absolute atomic E-state index is 13.0. The van der Waals surface area contributed by atoms with Crippen LogP contribution in [-0.2, 0) is 29.1 Å². The first kappa shape index (κ1) is 24.7. The number of ether oxygens (including phenoxy) is 3. The lowest BCUT2D eigenvalue weighted by molar-refractivity contribution is -0.147. The summed E-state index contributed by atoms with van der Waals surface area (Å²) in [4.78, 5) is 24.2. The lowest BCUT2D eigenvalue weighted by Crippen LogP contribution is -2.40. The molecule has 178 valence electrons. The van der Waals surface area contributed by atoms with Gasteiger partial charge >= 0.3 is 5.97 Å². The zero-order valence-electron chi connectivity index (χ0n) is 18.5. The number of sulfonamides is 1. The highest BCUT2D eigenvalue weighted by Crippen LogP contribution is 2.24. The van der Waals surface area contributed by atoms with Crippen LogP contribution in [0.3, 0.4) is 0 Å². The van der Waals surface area contributed by atoms with Crippen LogP contribution in [0.2, 0.25) is 0 Å². The normalized spacial score (nSPS) is 14.5. The third-order valence-corrected chi connectivity index (χ3v) is 7.00. The van der Waals surface area contributed by atoms with Gasteiger partial charge in [0, 0.05) is 25.2 Å². The molecule has 0 aliphatic carbocycles. The smallest absolute Gasteiger partial charge is 0.306 e. The Morgan fingerprint density at radius 3 is 2.55 bits per heavy atom. The third-order valence-electron chi connectivity index (χ3n) is 4.96. The van der Waals surface area contributed by atoms with Crippen molar-refractivity contribution in [3.05, 3.63) is 54.1 Å². The SMILES string of the molecule is Cc1ccc(NC(=O)COC(=O)CCCOc2ccccc2)cc1S(=O)(=O)N1CCOCC1. The fourth-order valence-electron chi connectivity index (χ4n) is 3.22. The van der Waals surface area contributed by atoms with E-state index in [9.17, 15) is 18.0 Å². The monoisotopic (exact) mass is 476 g/mol. The van der Waals surface area contributed by atoms with Gasteiger partial charge in [0.15, 0.2) is 6.61 Å². The van der Waals surface area contributed by atoms with Gasteiger partial charge in [-0.1, -0.05) is 24.3 Å². The number of hydrogen-bond donors (Lipinski definition) is 1. The number of carbonyl (C=O) groups excluding carboxylic acids is 2. The van der Waals surface area contributed by atoms with Gasteiger partial charge in [0.25, 0.3) is 5.91 Å². The Bertz CT molecular complexity index is 1050. The van der Waals surface area contributed by atoms with Gasteiger partial charge < -0.3 is 19.5 Å². The fraction of sp³-hybridized carbons (Fsp3) is 0.391. The molecule has 0 bridgehead atoms. The predicted octanol–water partition coefficient (Wildman–Crippen LogP) is 2.36. The number of esters is 1. The van der Waals surface area contributed by atoms with Gasteiger partial charge in [-0.2, -0.15) is 4.31 Å². The van der Waals surface area contributed by atoms with Crippen molar-refractivity contribution in [1.29, 1.82) is 0 Å². The second kappa shape index (κ2) is 11.8. The second-order valence-corrected chi connectivity index (χ2v) is 9.38. The first-order valence-corrected chi connectivity index (χ1v) is 12.1. The van der Waals surface area contributed by atoms with Crippen molar-refractivity contribution in [3.8, 4) is 5.75 Å². The molecule has 0 aromatic heterocycles. The molecule has 0 unspecified atom stereocenters. The summed E-state index contributed by atoms with van der Waals surface area (Å²) >= 11 is 0. The van der Waals surface area contributed by atoms with Crippen molar-refractivity contribution in [1.82, 2.24) is 4.31 Å². The van der Waals surface area contributed by atoms with Crippen LogP contribution < -0.4 is 10.1 Å². The van der Waals surface area contributed by atoms with Crippen LogP contribution in [0, 0.1) is 6.92 Å². The summed E-state index contributed by atoms with van der Waals surface area (Å²) in [6.07, 6.45) is 0.572. The summed E-state index contributed by atoms with van der Waals surface area (Å²) in [5.41, 5.74) is 0.883. The summed E-state index contributed by atoms with van der Waals surface area (Å²) in [6, 6.07) is 13.9. The number of amides is 1. The Labute approximate surface area is 193 Å². The Morgan fingerprint density at radius 1 is 1.09 bits per heavy atom. The standard InChI is InChI=1S/C23H28N2O7S/c1-18-9-10-19(16-21(18)33(28,29)25-11-14-30-15-12-25)24-22(26)17-32-23(27)8-5-13-31-20-6-3-2-4-7-20/h2-4,6-7,9-10,16H,5,8,11-15,17H2,1H3,(H,24,26). The van der Waals surface area contributed by atoms with E-state index in [0.29, 0.717) is 37.5 Å². The van der Waals surface area contributed by atoms with Crippen LogP contribution in [0.25, 0.3) is 0 Å². The minimum atomic E-state index is -3.70. The van der Waals surface area contributed by atoms with Crippen LogP contribution in [0.5, 0.6) is 5.75 Å². The van der Waals surface area contributed by atoms with Crippen molar-refractivity contribution >= 4 is 27.6 Å². The van der Waals surface area contributed by atoms with E-state index in [4.69, 9.17) is 14.2 Å². The Balaban J connectivity index is 1.46. The summed E-state index contributed by atoms with van der Waals surface area (Å²) in [6.45, 7) is 2.85. The van der Waals surface area contributed by atoms with E-state index in [2.05, 4.69) is 5.32 Å². The molecule has 0 spiro atoms. The van der Waals surface area contributed by atoms with Gasteiger partial charge in [-0.05, 0) is 43.2 Å². The molecular formula is C23H28N2O7S. The largest absolute Gasteiger partial charge is 0.494 e. The number of nitrogens with one attached hydrogen (secondary N) is 1. The quantitative estimate of drug-likeness (QED) is 0.414. The van der Waals surface area contributed by atoms with Gasteiger partial charge in [0.2, 0.25) is 10.0 Å². The molecule has 1 heterocycles. The van der Waals surface area contributed by atoms with E-state index in [0.717, 1.165) is 5.75 Å². The van der Waals surface area contributed by atoms with Crippen molar-refractivity contribution in [2.24, 2.45) is 0 Å².